The van der Waals surface area contributed by atoms with Crippen LogP contribution in [0.5, 0.6) is 17.2 Å². The Hall–Kier alpha value is -3.45. The highest BCUT2D eigenvalue weighted by atomic mass is 35.5. The molecule has 1 N–H and O–H groups in total. The van der Waals surface area contributed by atoms with Crippen molar-refractivity contribution < 1.29 is 32.5 Å². The number of benzene rings is 3. The van der Waals surface area contributed by atoms with E-state index >= 15 is 0 Å². The van der Waals surface area contributed by atoms with Crippen molar-refractivity contribution in [3.8, 4) is 17.2 Å². The highest BCUT2D eigenvalue weighted by Crippen LogP contribution is 2.37. The molecule has 160 valence electrons. The van der Waals surface area contributed by atoms with Crippen molar-refractivity contribution >= 4 is 23.6 Å². The summed E-state index contributed by atoms with van der Waals surface area (Å²) in [5.74, 6) is -0.242. The maximum atomic E-state index is 12.6. The topological polar surface area (TPSA) is 55.8 Å². The van der Waals surface area contributed by atoms with Gasteiger partial charge in [-0.3, -0.25) is 0 Å². The van der Waals surface area contributed by atoms with E-state index in [1.54, 1.807) is 42.5 Å². The fourth-order valence-corrected chi connectivity index (χ4v) is 2.85. The summed E-state index contributed by atoms with van der Waals surface area (Å²) in [5, 5.41) is 9.39. The molecule has 0 unspecified atom stereocenters. The Morgan fingerprint density at radius 3 is 2.42 bits per heavy atom. The van der Waals surface area contributed by atoms with Gasteiger partial charge in [-0.1, -0.05) is 41.9 Å². The molecule has 0 bridgehead atoms. The molecular formula is C23H16ClF3O4. The number of ether oxygens (including phenoxy) is 2. The fraction of sp³-hybridized carbons (Fsp3) is 0.0870. The Bertz CT molecular complexity index is 1090. The fourth-order valence-electron chi connectivity index (χ4n) is 2.63. The minimum Gasteiger partial charge on any atom is -0.484 e. The minimum atomic E-state index is -4.38. The zero-order chi connectivity index (χ0) is 22.4. The molecule has 0 fully saturated rings. The molecule has 0 aliphatic carbocycles. The molecular weight excluding hydrogens is 433 g/mol. The highest BCUT2D eigenvalue weighted by Gasteiger charge is 2.29. The third kappa shape index (κ3) is 6.02. The molecule has 3 rings (SSSR count). The number of hydrogen-bond acceptors (Lipinski definition) is 3. The number of carbonyl (C=O) groups is 1. The SMILES string of the molecule is O=C(O)c1cccc(Oc2cccc(Cl)c2OC/C=C/c2ccc(C(F)(F)F)cc2)c1. The summed E-state index contributed by atoms with van der Waals surface area (Å²) in [7, 11) is 0. The molecule has 0 aliphatic rings. The molecule has 0 amide bonds. The van der Waals surface area contributed by atoms with Crippen molar-refractivity contribution in [2.75, 3.05) is 6.61 Å². The lowest BCUT2D eigenvalue weighted by Gasteiger charge is -2.13. The first-order chi connectivity index (χ1) is 14.7. The standard InChI is InChI=1S/C23H16ClF3O4/c24-19-7-2-8-20(31-18-6-1-5-16(14-18)22(28)29)21(19)30-13-3-4-15-9-11-17(12-10-15)23(25,26)27/h1-12,14H,13H2,(H,28,29)/b4-3+. The van der Waals surface area contributed by atoms with Crippen LogP contribution in [0.1, 0.15) is 21.5 Å². The number of carboxylic acids is 1. The van der Waals surface area contributed by atoms with Crippen LogP contribution in [-0.4, -0.2) is 17.7 Å². The Morgan fingerprint density at radius 1 is 1.03 bits per heavy atom. The van der Waals surface area contributed by atoms with E-state index in [0.29, 0.717) is 11.3 Å². The predicted octanol–water partition coefficient (Wildman–Crippen LogP) is 6.94. The maximum Gasteiger partial charge on any atom is 0.416 e. The Labute approximate surface area is 181 Å². The molecule has 0 aliphatic heterocycles. The molecule has 0 radical (unpaired) electrons. The molecule has 8 heteroatoms. The van der Waals surface area contributed by atoms with Gasteiger partial charge in [-0.25, -0.2) is 4.79 Å². The molecule has 0 aromatic heterocycles. The van der Waals surface area contributed by atoms with Gasteiger partial charge in [-0.05, 0) is 54.1 Å². The Balaban J connectivity index is 1.69. The number of rotatable bonds is 7. The van der Waals surface area contributed by atoms with Gasteiger partial charge in [-0.15, -0.1) is 0 Å². The average Bonchev–Trinajstić information content (AvgIpc) is 2.72. The summed E-state index contributed by atoms with van der Waals surface area (Å²) in [6, 6.07) is 15.6. The van der Waals surface area contributed by atoms with E-state index in [-0.39, 0.29) is 28.7 Å². The summed E-state index contributed by atoms with van der Waals surface area (Å²) >= 11 is 6.20. The van der Waals surface area contributed by atoms with Crippen molar-refractivity contribution in [3.05, 3.63) is 94.5 Å². The first kappa shape index (κ1) is 22.2. The van der Waals surface area contributed by atoms with Crippen LogP contribution in [0.3, 0.4) is 0 Å². The van der Waals surface area contributed by atoms with Gasteiger partial charge >= 0.3 is 12.1 Å². The number of aromatic carboxylic acids is 1. The second-order valence-corrected chi connectivity index (χ2v) is 6.74. The van der Waals surface area contributed by atoms with Crippen molar-refractivity contribution in [1.29, 1.82) is 0 Å². The van der Waals surface area contributed by atoms with Crippen LogP contribution in [0.15, 0.2) is 72.8 Å². The summed E-state index contributed by atoms with van der Waals surface area (Å²) in [6.07, 6.45) is -1.13. The molecule has 3 aromatic rings. The quantitative estimate of drug-likeness (QED) is 0.425. The molecule has 0 spiro atoms. The summed E-state index contributed by atoms with van der Waals surface area (Å²) in [6.45, 7) is 0.0796. The molecule has 4 nitrogen and oxygen atoms in total. The van der Waals surface area contributed by atoms with E-state index in [0.717, 1.165) is 12.1 Å². The van der Waals surface area contributed by atoms with Gasteiger partial charge in [0.1, 0.15) is 12.4 Å². The first-order valence-corrected chi connectivity index (χ1v) is 9.38. The summed E-state index contributed by atoms with van der Waals surface area (Å²) < 4.78 is 49.3. The smallest absolute Gasteiger partial charge is 0.416 e. The monoisotopic (exact) mass is 448 g/mol. The summed E-state index contributed by atoms with van der Waals surface area (Å²) in [4.78, 5) is 11.1. The maximum absolute atomic E-state index is 12.6. The van der Waals surface area contributed by atoms with Gasteiger partial charge < -0.3 is 14.6 Å². The van der Waals surface area contributed by atoms with Crippen molar-refractivity contribution in [2.24, 2.45) is 0 Å². The molecule has 0 heterocycles. The lowest BCUT2D eigenvalue weighted by atomic mass is 10.1. The lowest BCUT2D eigenvalue weighted by Crippen LogP contribution is -2.04. The van der Waals surface area contributed by atoms with Gasteiger partial charge in [0.25, 0.3) is 0 Å². The molecule has 0 atom stereocenters. The van der Waals surface area contributed by atoms with Crippen LogP contribution in [0.25, 0.3) is 6.08 Å². The zero-order valence-corrected chi connectivity index (χ0v) is 16.7. The largest absolute Gasteiger partial charge is 0.484 e. The first-order valence-electron chi connectivity index (χ1n) is 9.00. The number of para-hydroxylation sites is 1. The van der Waals surface area contributed by atoms with Gasteiger partial charge in [0.15, 0.2) is 11.5 Å². The zero-order valence-electron chi connectivity index (χ0n) is 15.9. The van der Waals surface area contributed by atoms with Crippen LogP contribution in [0.4, 0.5) is 13.2 Å². The minimum absolute atomic E-state index is 0.0708. The third-order valence-electron chi connectivity index (χ3n) is 4.11. The van der Waals surface area contributed by atoms with E-state index in [9.17, 15) is 18.0 Å². The van der Waals surface area contributed by atoms with Crippen molar-refractivity contribution in [2.45, 2.75) is 6.18 Å². The van der Waals surface area contributed by atoms with Crippen LogP contribution in [0, 0.1) is 0 Å². The highest BCUT2D eigenvalue weighted by molar-refractivity contribution is 6.32. The molecule has 0 saturated heterocycles. The normalized spacial score (nSPS) is 11.5. The average molecular weight is 449 g/mol. The Morgan fingerprint density at radius 2 is 1.74 bits per heavy atom. The Kier molecular flexibility index (Phi) is 6.87. The van der Waals surface area contributed by atoms with Crippen LogP contribution < -0.4 is 9.47 Å². The van der Waals surface area contributed by atoms with Gasteiger partial charge in [0, 0.05) is 0 Å². The van der Waals surface area contributed by atoms with Gasteiger partial charge in [0.2, 0.25) is 0 Å². The van der Waals surface area contributed by atoms with Gasteiger partial charge in [0.05, 0.1) is 16.1 Å². The number of carboxylic acid groups (broad SMARTS) is 1. The van der Waals surface area contributed by atoms with E-state index in [1.807, 2.05) is 0 Å². The van der Waals surface area contributed by atoms with Crippen molar-refractivity contribution in [3.63, 3.8) is 0 Å². The number of hydrogen-bond donors (Lipinski definition) is 1. The second-order valence-electron chi connectivity index (χ2n) is 6.34. The van der Waals surface area contributed by atoms with Crippen molar-refractivity contribution in [1.82, 2.24) is 0 Å². The molecule has 31 heavy (non-hydrogen) atoms. The predicted molar refractivity (Wildman–Crippen MR) is 111 cm³/mol. The summed E-state index contributed by atoms with van der Waals surface area (Å²) in [5.41, 5.74) is -0.0649. The van der Waals surface area contributed by atoms with Crippen LogP contribution in [0.2, 0.25) is 5.02 Å². The molecule has 0 saturated carbocycles. The number of halogens is 4. The molecule has 3 aromatic carbocycles. The lowest BCUT2D eigenvalue weighted by molar-refractivity contribution is -0.137. The second kappa shape index (κ2) is 9.57. The number of alkyl halides is 3. The van der Waals surface area contributed by atoms with E-state index in [2.05, 4.69) is 0 Å². The van der Waals surface area contributed by atoms with Gasteiger partial charge in [-0.2, -0.15) is 13.2 Å². The van der Waals surface area contributed by atoms with Crippen LogP contribution in [-0.2, 0) is 6.18 Å². The van der Waals surface area contributed by atoms with Crippen LogP contribution >= 0.6 is 11.6 Å². The van der Waals surface area contributed by atoms with E-state index in [4.69, 9.17) is 26.2 Å². The third-order valence-corrected chi connectivity index (χ3v) is 4.41. The van der Waals surface area contributed by atoms with E-state index < -0.39 is 17.7 Å². The van der Waals surface area contributed by atoms with E-state index in [1.165, 1.54) is 24.3 Å².